The Morgan fingerprint density at radius 1 is 1.12 bits per heavy atom. The van der Waals surface area contributed by atoms with E-state index in [0.717, 1.165) is 24.8 Å². The SMILES string of the molecule is c1ccc(OC2CCN(C3CC3)CC2)nc1. The molecule has 3 rings (SSSR count). The van der Waals surface area contributed by atoms with Gasteiger partial charge in [-0.25, -0.2) is 4.98 Å². The van der Waals surface area contributed by atoms with Crippen LogP contribution < -0.4 is 4.74 Å². The molecular formula is C13H18N2O. The summed E-state index contributed by atoms with van der Waals surface area (Å²) in [6.45, 7) is 2.39. The minimum Gasteiger partial charge on any atom is -0.474 e. The van der Waals surface area contributed by atoms with Crippen molar-refractivity contribution >= 4 is 0 Å². The van der Waals surface area contributed by atoms with Crippen LogP contribution in [0, 0.1) is 0 Å². The predicted octanol–water partition coefficient (Wildman–Crippen LogP) is 2.09. The molecule has 1 aromatic rings. The summed E-state index contributed by atoms with van der Waals surface area (Å²) >= 11 is 0. The number of pyridine rings is 1. The molecule has 0 bridgehead atoms. The Hall–Kier alpha value is -1.09. The van der Waals surface area contributed by atoms with Crippen molar-refractivity contribution in [3.05, 3.63) is 24.4 Å². The summed E-state index contributed by atoms with van der Waals surface area (Å²) < 4.78 is 5.87. The van der Waals surface area contributed by atoms with Crippen LogP contribution in [0.1, 0.15) is 25.7 Å². The molecule has 3 nitrogen and oxygen atoms in total. The van der Waals surface area contributed by atoms with Crippen LogP contribution in [0.25, 0.3) is 0 Å². The summed E-state index contributed by atoms with van der Waals surface area (Å²) in [5.41, 5.74) is 0. The number of rotatable bonds is 3. The summed E-state index contributed by atoms with van der Waals surface area (Å²) in [4.78, 5) is 6.81. The maximum absolute atomic E-state index is 5.87. The first-order valence-corrected chi connectivity index (χ1v) is 6.23. The van der Waals surface area contributed by atoms with Gasteiger partial charge < -0.3 is 9.64 Å². The van der Waals surface area contributed by atoms with Crippen LogP contribution in [-0.2, 0) is 0 Å². The van der Waals surface area contributed by atoms with Crippen LogP contribution in [0.3, 0.4) is 0 Å². The van der Waals surface area contributed by atoms with Crippen molar-refractivity contribution in [1.29, 1.82) is 0 Å². The zero-order valence-corrected chi connectivity index (χ0v) is 9.51. The van der Waals surface area contributed by atoms with Gasteiger partial charge in [-0.3, -0.25) is 0 Å². The molecule has 2 aliphatic rings. The van der Waals surface area contributed by atoms with E-state index in [1.165, 1.54) is 25.9 Å². The van der Waals surface area contributed by atoms with Gasteiger partial charge in [-0.05, 0) is 31.7 Å². The molecule has 0 radical (unpaired) electrons. The molecule has 1 aliphatic carbocycles. The van der Waals surface area contributed by atoms with E-state index in [2.05, 4.69) is 9.88 Å². The van der Waals surface area contributed by atoms with Crippen LogP contribution >= 0.6 is 0 Å². The first-order valence-electron chi connectivity index (χ1n) is 6.23. The lowest BCUT2D eigenvalue weighted by Gasteiger charge is -2.31. The van der Waals surface area contributed by atoms with Crippen molar-refractivity contribution in [2.24, 2.45) is 0 Å². The summed E-state index contributed by atoms with van der Waals surface area (Å²) in [6.07, 6.45) is 7.26. The number of ether oxygens (including phenoxy) is 1. The second kappa shape index (κ2) is 4.42. The Kier molecular flexibility index (Phi) is 2.79. The fourth-order valence-electron chi connectivity index (χ4n) is 2.39. The lowest BCUT2D eigenvalue weighted by molar-refractivity contribution is 0.0930. The van der Waals surface area contributed by atoms with E-state index in [1.807, 2.05) is 18.2 Å². The van der Waals surface area contributed by atoms with Crippen LogP contribution in [0.4, 0.5) is 0 Å². The molecular weight excluding hydrogens is 200 g/mol. The molecule has 0 aromatic carbocycles. The monoisotopic (exact) mass is 218 g/mol. The third-order valence-corrected chi connectivity index (χ3v) is 3.47. The van der Waals surface area contributed by atoms with E-state index < -0.39 is 0 Å². The summed E-state index contributed by atoms with van der Waals surface area (Å²) in [5.74, 6) is 0.771. The fourth-order valence-corrected chi connectivity index (χ4v) is 2.39. The fraction of sp³-hybridized carbons (Fsp3) is 0.615. The van der Waals surface area contributed by atoms with E-state index in [0.29, 0.717) is 6.10 Å². The molecule has 1 saturated heterocycles. The van der Waals surface area contributed by atoms with Crippen molar-refractivity contribution in [3.8, 4) is 5.88 Å². The Morgan fingerprint density at radius 2 is 1.94 bits per heavy atom. The summed E-state index contributed by atoms with van der Waals surface area (Å²) in [5, 5.41) is 0. The predicted molar refractivity (Wildman–Crippen MR) is 62.5 cm³/mol. The standard InChI is InChI=1S/C13H18N2O/c1-2-8-14-13(3-1)16-12-6-9-15(10-7-12)11-4-5-11/h1-3,8,11-12H,4-7,9-10H2. The Labute approximate surface area is 96.4 Å². The third-order valence-electron chi connectivity index (χ3n) is 3.47. The quantitative estimate of drug-likeness (QED) is 0.776. The first kappa shape index (κ1) is 10.1. The van der Waals surface area contributed by atoms with Crippen LogP contribution in [0.15, 0.2) is 24.4 Å². The van der Waals surface area contributed by atoms with Gasteiger partial charge in [-0.1, -0.05) is 6.07 Å². The molecule has 0 atom stereocenters. The third kappa shape index (κ3) is 2.35. The topological polar surface area (TPSA) is 25.4 Å². The molecule has 0 amide bonds. The molecule has 1 aromatic heterocycles. The van der Waals surface area contributed by atoms with E-state index >= 15 is 0 Å². The van der Waals surface area contributed by atoms with Gasteiger partial charge >= 0.3 is 0 Å². The van der Waals surface area contributed by atoms with Gasteiger partial charge in [0, 0.05) is 31.4 Å². The molecule has 2 heterocycles. The largest absolute Gasteiger partial charge is 0.474 e. The second-order valence-corrected chi connectivity index (χ2v) is 4.75. The lowest BCUT2D eigenvalue weighted by atomic mass is 10.1. The van der Waals surface area contributed by atoms with Gasteiger partial charge in [0.2, 0.25) is 5.88 Å². The first-order chi connectivity index (χ1) is 7.92. The lowest BCUT2D eigenvalue weighted by Crippen LogP contribution is -2.39. The number of likely N-dealkylation sites (tertiary alicyclic amines) is 1. The molecule has 0 unspecified atom stereocenters. The highest BCUT2D eigenvalue weighted by Crippen LogP contribution is 2.29. The maximum atomic E-state index is 5.87. The summed E-state index contributed by atoms with van der Waals surface area (Å²) in [7, 11) is 0. The molecule has 86 valence electrons. The van der Waals surface area contributed by atoms with Crippen LogP contribution in [0.2, 0.25) is 0 Å². The van der Waals surface area contributed by atoms with Gasteiger partial charge in [-0.15, -0.1) is 0 Å². The van der Waals surface area contributed by atoms with Crippen LogP contribution in [0.5, 0.6) is 5.88 Å². The highest BCUT2D eigenvalue weighted by Gasteiger charge is 2.32. The Bertz CT molecular complexity index is 329. The van der Waals surface area contributed by atoms with Gasteiger partial charge in [0.25, 0.3) is 0 Å². The average Bonchev–Trinajstić information content (AvgIpc) is 3.15. The van der Waals surface area contributed by atoms with E-state index in [9.17, 15) is 0 Å². The van der Waals surface area contributed by atoms with Gasteiger partial charge in [0.05, 0.1) is 0 Å². The number of aromatic nitrogens is 1. The molecule has 0 N–H and O–H groups in total. The maximum Gasteiger partial charge on any atom is 0.213 e. The minimum absolute atomic E-state index is 0.366. The van der Waals surface area contributed by atoms with Crippen LogP contribution in [-0.4, -0.2) is 35.1 Å². The smallest absolute Gasteiger partial charge is 0.213 e. The molecule has 1 aliphatic heterocycles. The molecule has 3 heteroatoms. The highest BCUT2D eigenvalue weighted by atomic mass is 16.5. The van der Waals surface area contributed by atoms with Crippen molar-refractivity contribution in [3.63, 3.8) is 0 Å². The molecule has 1 saturated carbocycles. The molecule has 0 spiro atoms. The minimum atomic E-state index is 0.366. The number of hydrogen-bond acceptors (Lipinski definition) is 3. The Balaban J connectivity index is 1.50. The summed E-state index contributed by atoms with van der Waals surface area (Å²) in [6, 6.07) is 6.73. The number of piperidine rings is 1. The van der Waals surface area contributed by atoms with Crippen molar-refractivity contribution in [2.45, 2.75) is 37.8 Å². The van der Waals surface area contributed by atoms with Gasteiger partial charge in [0.1, 0.15) is 6.10 Å². The van der Waals surface area contributed by atoms with E-state index in [4.69, 9.17) is 4.74 Å². The molecule has 2 fully saturated rings. The van der Waals surface area contributed by atoms with Crippen molar-refractivity contribution < 1.29 is 4.74 Å². The van der Waals surface area contributed by atoms with Crippen molar-refractivity contribution in [2.75, 3.05) is 13.1 Å². The molecule has 16 heavy (non-hydrogen) atoms. The van der Waals surface area contributed by atoms with E-state index in [1.54, 1.807) is 6.20 Å². The average molecular weight is 218 g/mol. The Morgan fingerprint density at radius 3 is 2.56 bits per heavy atom. The van der Waals surface area contributed by atoms with Gasteiger partial charge in [-0.2, -0.15) is 0 Å². The zero-order chi connectivity index (χ0) is 10.8. The second-order valence-electron chi connectivity index (χ2n) is 4.75. The van der Waals surface area contributed by atoms with Gasteiger partial charge in [0.15, 0.2) is 0 Å². The number of hydrogen-bond donors (Lipinski definition) is 0. The van der Waals surface area contributed by atoms with E-state index in [-0.39, 0.29) is 0 Å². The normalized spacial score (nSPS) is 23.2. The zero-order valence-electron chi connectivity index (χ0n) is 9.51. The van der Waals surface area contributed by atoms with Crippen molar-refractivity contribution in [1.82, 2.24) is 9.88 Å². The highest BCUT2D eigenvalue weighted by molar-refractivity contribution is 5.09. The number of nitrogens with zero attached hydrogens (tertiary/aromatic N) is 2.